The maximum absolute atomic E-state index is 12.4. The second-order valence-corrected chi connectivity index (χ2v) is 8.56. The van der Waals surface area contributed by atoms with E-state index in [-0.39, 0.29) is 15.8 Å². The number of alkyl halides is 2. The summed E-state index contributed by atoms with van der Waals surface area (Å²) in [6.07, 6.45) is 1.28. The minimum Gasteiger partial charge on any atom is -0.434 e. The van der Waals surface area contributed by atoms with E-state index in [0.717, 1.165) is 9.87 Å². The largest absolute Gasteiger partial charge is 0.434 e. The van der Waals surface area contributed by atoms with Crippen molar-refractivity contribution < 1.29 is 21.9 Å². The lowest BCUT2D eigenvalue weighted by Gasteiger charge is -2.15. The number of hydrogen-bond donors (Lipinski definition) is 2. The monoisotopic (exact) mass is 442 g/mol. The van der Waals surface area contributed by atoms with E-state index >= 15 is 0 Å². The molecule has 11 heteroatoms. The van der Waals surface area contributed by atoms with E-state index in [1.54, 1.807) is 31.2 Å². The molecule has 7 nitrogen and oxygen atoms in total. The van der Waals surface area contributed by atoms with Gasteiger partial charge in [-0.2, -0.15) is 13.9 Å². The van der Waals surface area contributed by atoms with Crippen molar-refractivity contribution in [2.45, 2.75) is 18.4 Å². The predicted molar refractivity (Wildman–Crippen MR) is 112 cm³/mol. The standard InChI is InChI=1S/C18H20F2N4O3S2/c1-12-8-9-14(29(25,26)24(2)3)10-15(12)22-18(28)23-21-11-13-6-4-5-7-16(13)27-17(19)20/h4-11,17H,1-3H3,(H2,22,23,28). The molecule has 0 fully saturated rings. The van der Waals surface area contributed by atoms with Crippen LogP contribution in [0.4, 0.5) is 14.5 Å². The summed E-state index contributed by atoms with van der Waals surface area (Å²) in [5, 5.41) is 6.87. The second kappa shape index (κ2) is 9.72. The quantitative estimate of drug-likeness (QED) is 0.389. The fourth-order valence-corrected chi connectivity index (χ4v) is 3.30. The highest BCUT2D eigenvalue weighted by atomic mass is 32.2. The molecule has 0 saturated carbocycles. The van der Waals surface area contributed by atoms with E-state index in [9.17, 15) is 17.2 Å². The number of thiocarbonyl (C=S) groups is 1. The number of rotatable bonds is 7. The number of hydrazone groups is 1. The molecule has 0 heterocycles. The summed E-state index contributed by atoms with van der Waals surface area (Å²) in [6.45, 7) is -1.16. The molecule has 0 aromatic heterocycles. The number of hydrogen-bond acceptors (Lipinski definition) is 5. The molecule has 0 radical (unpaired) electrons. The van der Waals surface area contributed by atoms with Crippen LogP contribution in [0.2, 0.25) is 0 Å². The van der Waals surface area contributed by atoms with E-state index < -0.39 is 16.6 Å². The van der Waals surface area contributed by atoms with Gasteiger partial charge in [0.2, 0.25) is 10.0 Å². The first-order valence-electron chi connectivity index (χ1n) is 8.28. The van der Waals surface area contributed by atoms with Gasteiger partial charge in [-0.3, -0.25) is 5.43 Å². The summed E-state index contributed by atoms with van der Waals surface area (Å²) >= 11 is 5.16. The van der Waals surface area contributed by atoms with Crippen LogP contribution in [0, 0.1) is 6.92 Å². The Hall–Kier alpha value is -2.63. The highest BCUT2D eigenvalue weighted by Gasteiger charge is 2.18. The van der Waals surface area contributed by atoms with Gasteiger partial charge in [0.05, 0.1) is 11.1 Å². The number of nitrogens with zero attached hydrogens (tertiary/aromatic N) is 2. The van der Waals surface area contributed by atoms with Crippen LogP contribution >= 0.6 is 12.2 Å². The fraction of sp³-hybridized carbons (Fsp3) is 0.222. The zero-order valence-electron chi connectivity index (χ0n) is 15.9. The number of benzene rings is 2. The summed E-state index contributed by atoms with van der Waals surface area (Å²) in [5.74, 6) is -0.0237. The van der Waals surface area contributed by atoms with Gasteiger partial charge in [0.15, 0.2) is 5.11 Å². The van der Waals surface area contributed by atoms with Crippen LogP contribution in [0.5, 0.6) is 5.75 Å². The number of anilines is 1. The third kappa shape index (κ3) is 6.17. The molecule has 0 bridgehead atoms. The number of aryl methyl sites for hydroxylation is 1. The van der Waals surface area contributed by atoms with Crippen LogP contribution in [0.25, 0.3) is 0 Å². The summed E-state index contributed by atoms with van der Waals surface area (Å²) in [5.41, 5.74) is 4.14. The Morgan fingerprint density at radius 2 is 1.93 bits per heavy atom. The van der Waals surface area contributed by atoms with Crippen molar-refractivity contribution >= 4 is 39.3 Å². The summed E-state index contributed by atoms with van der Waals surface area (Å²) in [7, 11) is -0.708. The topological polar surface area (TPSA) is 83.0 Å². The van der Waals surface area contributed by atoms with E-state index in [4.69, 9.17) is 12.2 Å². The van der Waals surface area contributed by atoms with E-state index in [1.807, 2.05) is 0 Å². The van der Waals surface area contributed by atoms with Crippen molar-refractivity contribution in [1.82, 2.24) is 9.73 Å². The number of para-hydroxylation sites is 1. The average Bonchev–Trinajstić information content (AvgIpc) is 2.64. The van der Waals surface area contributed by atoms with Crippen molar-refractivity contribution in [3.63, 3.8) is 0 Å². The SMILES string of the molecule is Cc1ccc(S(=O)(=O)N(C)C)cc1NC(=S)NN=Cc1ccccc1OC(F)F. The number of nitrogens with one attached hydrogen (secondary N) is 2. The predicted octanol–water partition coefficient (Wildman–Crippen LogP) is 3.17. The van der Waals surface area contributed by atoms with Gasteiger partial charge in [-0.05, 0) is 49.0 Å². The fourth-order valence-electron chi connectivity index (χ4n) is 2.21. The molecule has 2 rings (SSSR count). The highest BCUT2D eigenvalue weighted by molar-refractivity contribution is 7.89. The minimum absolute atomic E-state index is 0.0237. The lowest BCUT2D eigenvalue weighted by Crippen LogP contribution is -2.25. The minimum atomic E-state index is -3.59. The number of sulfonamides is 1. The maximum atomic E-state index is 12.4. The van der Waals surface area contributed by atoms with Crippen molar-refractivity contribution in [2.24, 2.45) is 5.10 Å². The maximum Gasteiger partial charge on any atom is 0.387 e. The number of halogens is 2. The van der Waals surface area contributed by atoms with Gasteiger partial charge in [0.25, 0.3) is 0 Å². The summed E-state index contributed by atoms with van der Waals surface area (Å²) < 4.78 is 55.0. The number of ether oxygens (including phenoxy) is 1. The Morgan fingerprint density at radius 3 is 2.59 bits per heavy atom. The first-order valence-corrected chi connectivity index (χ1v) is 10.1. The Labute approximate surface area is 173 Å². The third-order valence-electron chi connectivity index (χ3n) is 3.74. The van der Waals surface area contributed by atoms with Gasteiger partial charge in [0, 0.05) is 25.3 Å². The molecule has 2 aromatic rings. The molecule has 156 valence electrons. The van der Waals surface area contributed by atoms with Crippen LogP contribution in [-0.4, -0.2) is 44.8 Å². The van der Waals surface area contributed by atoms with E-state index in [1.165, 1.54) is 38.5 Å². The molecule has 2 N–H and O–H groups in total. The normalized spacial score (nSPS) is 11.8. The van der Waals surface area contributed by atoms with Gasteiger partial charge < -0.3 is 10.1 Å². The van der Waals surface area contributed by atoms with Crippen LogP contribution in [0.15, 0.2) is 52.5 Å². The van der Waals surface area contributed by atoms with Crippen LogP contribution in [0.1, 0.15) is 11.1 Å². The van der Waals surface area contributed by atoms with Crippen LogP contribution < -0.4 is 15.5 Å². The van der Waals surface area contributed by atoms with Crippen molar-refractivity contribution in [2.75, 3.05) is 19.4 Å². The molecule has 0 saturated heterocycles. The molecule has 0 aliphatic heterocycles. The molecular weight excluding hydrogens is 422 g/mol. The van der Waals surface area contributed by atoms with Crippen LogP contribution in [0.3, 0.4) is 0 Å². The molecule has 0 spiro atoms. The van der Waals surface area contributed by atoms with Gasteiger partial charge in [-0.15, -0.1) is 0 Å². The lowest BCUT2D eigenvalue weighted by molar-refractivity contribution is -0.0499. The Morgan fingerprint density at radius 1 is 1.24 bits per heavy atom. The Bertz CT molecular complexity index is 1010. The lowest BCUT2D eigenvalue weighted by atomic mass is 10.2. The van der Waals surface area contributed by atoms with E-state index in [2.05, 4.69) is 20.6 Å². The third-order valence-corrected chi connectivity index (χ3v) is 5.75. The Kier molecular flexibility index (Phi) is 7.59. The van der Waals surface area contributed by atoms with Crippen LogP contribution in [-0.2, 0) is 10.0 Å². The van der Waals surface area contributed by atoms with Gasteiger partial charge in [0.1, 0.15) is 5.75 Å². The molecule has 29 heavy (non-hydrogen) atoms. The van der Waals surface area contributed by atoms with Gasteiger partial charge >= 0.3 is 6.61 Å². The molecule has 0 atom stereocenters. The molecule has 2 aromatic carbocycles. The van der Waals surface area contributed by atoms with E-state index in [0.29, 0.717) is 11.3 Å². The molecule has 0 aliphatic carbocycles. The first-order chi connectivity index (χ1) is 13.6. The second-order valence-electron chi connectivity index (χ2n) is 6.00. The summed E-state index contributed by atoms with van der Waals surface area (Å²) in [4.78, 5) is 0.111. The molecule has 0 unspecified atom stereocenters. The zero-order valence-corrected chi connectivity index (χ0v) is 17.5. The van der Waals surface area contributed by atoms with Crippen molar-refractivity contribution in [1.29, 1.82) is 0 Å². The molecule has 0 aliphatic rings. The Balaban J connectivity index is 2.10. The molecular formula is C18H20F2N4O3S2. The highest BCUT2D eigenvalue weighted by Crippen LogP contribution is 2.22. The van der Waals surface area contributed by atoms with Crippen molar-refractivity contribution in [3.8, 4) is 5.75 Å². The summed E-state index contributed by atoms with van der Waals surface area (Å²) in [6, 6.07) is 10.8. The first kappa shape index (κ1) is 22.7. The average molecular weight is 443 g/mol. The van der Waals surface area contributed by atoms with Gasteiger partial charge in [-0.25, -0.2) is 12.7 Å². The van der Waals surface area contributed by atoms with Gasteiger partial charge in [-0.1, -0.05) is 18.2 Å². The smallest absolute Gasteiger partial charge is 0.387 e. The zero-order chi connectivity index (χ0) is 21.6. The van der Waals surface area contributed by atoms with Crippen molar-refractivity contribution in [3.05, 3.63) is 53.6 Å². The molecule has 0 amide bonds.